The summed E-state index contributed by atoms with van der Waals surface area (Å²) < 4.78 is 0.670. The fourth-order valence-corrected chi connectivity index (χ4v) is 4.94. The Balaban J connectivity index is 1.44. The molecule has 0 spiro atoms. The molecule has 2 aromatic heterocycles. The molecule has 0 aliphatic carbocycles. The number of benzene rings is 2. The van der Waals surface area contributed by atoms with E-state index in [0.717, 1.165) is 34.6 Å². The van der Waals surface area contributed by atoms with Crippen LogP contribution in [0.4, 0.5) is 5.69 Å². The second kappa shape index (κ2) is 7.65. The lowest BCUT2D eigenvalue weighted by molar-refractivity contribution is 0.949. The van der Waals surface area contributed by atoms with E-state index in [0.29, 0.717) is 22.0 Å². The summed E-state index contributed by atoms with van der Waals surface area (Å²) in [7, 11) is 0. The molecule has 6 heteroatoms. The van der Waals surface area contributed by atoms with Crippen LogP contribution in [0.15, 0.2) is 59.4 Å². The minimum absolute atomic E-state index is 0.0797. The fraction of sp³-hybridized carbons (Fsp3) is 0.217. The molecule has 0 amide bonds. The van der Waals surface area contributed by atoms with Crippen LogP contribution in [0, 0.1) is 0 Å². The van der Waals surface area contributed by atoms with Gasteiger partial charge >= 0.3 is 0 Å². The van der Waals surface area contributed by atoms with Crippen LogP contribution in [0.25, 0.3) is 20.7 Å². The Bertz CT molecular complexity index is 1210. The molecule has 4 aromatic rings. The molecule has 4 nitrogen and oxygen atoms in total. The summed E-state index contributed by atoms with van der Waals surface area (Å²) in [6, 6.07) is 18.3. The van der Waals surface area contributed by atoms with Crippen LogP contribution in [0.2, 0.25) is 5.02 Å². The van der Waals surface area contributed by atoms with E-state index in [2.05, 4.69) is 34.1 Å². The van der Waals surface area contributed by atoms with Crippen LogP contribution in [-0.4, -0.2) is 23.1 Å². The predicted molar refractivity (Wildman–Crippen MR) is 121 cm³/mol. The molecule has 1 aliphatic heterocycles. The number of fused-ring (bicyclic) bond motifs is 1. The maximum Gasteiger partial charge on any atom is 0.268 e. The third kappa shape index (κ3) is 3.80. The number of nitrogens with one attached hydrogen (secondary N) is 1. The summed E-state index contributed by atoms with van der Waals surface area (Å²) in [6.07, 6.45) is 3.10. The first-order chi connectivity index (χ1) is 14.2. The molecule has 1 saturated heterocycles. The number of anilines is 1. The average molecular weight is 422 g/mol. The fourth-order valence-electron chi connectivity index (χ4n) is 3.82. The van der Waals surface area contributed by atoms with Gasteiger partial charge in [0.05, 0.1) is 5.52 Å². The third-order valence-corrected chi connectivity index (χ3v) is 6.76. The van der Waals surface area contributed by atoms with Gasteiger partial charge < -0.3 is 9.88 Å². The molecule has 1 fully saturated rings. The molecule has 0 radical (unpaired) electrons. The van der Waals surface area contributed by atoms with E-state index in [-0.39, 0.29) is 5.56 Å². The summed E-state index contributed by atoms with van der Waals surface area (Å²) in [5.41, 5.74) is 4.12. The monoisotopic (exact) mass is 421 g/mol. The van der Waals surface area contributed by atoms with E-state index >= 15 is 0 Å². The zero-order chi connectivity index (χ0) is 19.8. The lowest BCUT2D eigenvalue weighted by atomic mass is 10.1. The van der Waals surface area contributed by atoms with Crippen molar-refractivity contribution in [3.63, 3.8) is 0 Å². The molecule has 0 saturated carbocycles. The smallest absolute Gasteiger partial charge is 0.268 e. The summed E-state index contributed by atoms with van der Waals surface area (Å²) in [4.78, 5) is 23.7. The molecule has 29 heavy (non-hydrogen) atoms. The van der Waals surface area contributed by atoms with Gasteiger partial charge in [0.15, 0.2) is 0 Å². The highest BCUT2D eigenvalue weighted by Crippen LogP contribution is 2.32. The normalized spacial score (nSPS) is 14.0. The standard InChI is InChI=1S/C23H20ClN3OS/c24-17-7-3-15(4-8-17)13-21-25-19-14-20(29-22(19)23(28)26-21)16-5-9-18(10-6-16)27-11-1-2-12-27/h3-10,14H,1-2,11-13H2,(H,25,26,28). The van der Waals surface area contributed by atoms with Crippen molar-refractivity contribution in [2.45, 2.75) is 19.3 Å². The number of H-pyrrole nitrogens is 1. The number of nitrogens with zero attached hydrogens (tertiary/aromatic N) is 2. The molecule has 3 heterocycles. The van der Waals surface area contributed by atoms with E-state index < -0.39 is 0 Å². The van der Waals surface area contributed by atoms with E-state index in [9.17, 15) is 4.79 Å². The minimum Gasteiger partial charge on any atom is -0.372 e. The first-order valence-corrected chi connectivity index (χ1v) is 11.0. The van der Waals surface area contributed by atoms with Gasteiger partial charge in [-0.15, -0.1) is 11.3 Å². The van der Waals surface area contributed by atoms with Crippen molar-refractivity contribution >= 4 is 38.8 Å². The molecule has 0 bridgehead atoms. The average Bonchev–Trinajstić information content (AvgIpc) is 3.40. The highest BCUT2D eigenvalue weighted by molar-refractivity contribution is 7.22. The predicted octanol–water partition coefficient (Wildman–Crippen LogP) is 5.50. The number of halogens is 1. The van der Waals surface area contributed by atoms with E-state index in [1.54, 1.807) is 0 Å². The van der Waals surface area contributed by atoms with Crippen molar-refractivity contribution in [2.75, 3.05) is 18.0 Å². The summed E-state index contributed by atoms with van der Waals surface area (Å²) in [5, 5.41) is 0.698. The first-order valence-electron chi connectivity index (χ1n) is 9.78. The van der Waals surface area contributed by atoms with E-state index in [1.807, 2.05) is 30.3 Å². The Hall–Kier alpha value is -2.63. The SMILES string of the molecule is O=c1[nH]c(Cc2ccc(Cl)cc2)nc2cc(-c3ccc(N4CCCC4)cc3)sc12. The van der Waals surface area contributed by atoms with Crippen LogP contribution < -0.4 is 10.5 Å². The van der Waals surface area contributed by atoms with Crippen LogP contribution >= 0.6 is 22.9 Å². The van der Waals surface area contributed by atoms with Gasteiger partial charge in [-0.25, -0.2) is 4.98 Å². The van der Waals surface area contributed by atoms with Gasteiger partial charge in [0.1, 0.15) is 10.5 Å². The van der Waals surface area contributed by atoms with Crippen LogP contribution in [0.1, 0.15) is 24.2 Å². The molecule has 2 aromatic carbocycles. The molecule has 0 unspecified atom stereocenters. The second-order valence-electron chi connectivity index (χ2n) is 7.38. The second-order valence-corrected chi connectivity index (χ2v) is 8.87. The van der Waals surface area contributed by atoms with Crippen LogP contribution in [0.3, 0.4) is 0 Å². The van der Waals surface area contributed by atoms with Gasteiger partial charge in [-0.05, 0) is 54.3 Å². The van der Waals surface area contributed by atoms with Crippen LogP contribution in [-0.2, 0) is 6.42 Å². The highest BCUT2D eigenvalue weighted by atomic mass is 35.5. The lowest BCUT2D eigenvalue weighted by Gasteiger charge is -2.17. The zero-order valence-corrected chi connectivity index (χ0v) is 17.4. The zero-order valence-electron chi connectivity index (χ0n) is 15.8. The summed E-state index contributed by atoms with van der Waals surface area (Å²) in [6.45, 7) is 2.27. The number of aromatic nitrogens is 2. The van der Waals surface area contributed by atoms with Crippen molar-refractivity contribution < 1.29 is 0 Å². The third-order valence-electron chi connectivity index (χ3n) is 5.34. The van der Waals surface area contributed by atoms with Crippen molar-refractivity contribution in [3.8, 4) is 10.4 Å². The first kappa shape index (κ1) is 18.4. The Kier molecular flexibility index (Phi) is 4.86. The maximum atomic E-state index is 12.6. The quantitative estimate of drug-likeness (QED) is 0.473. The van der Waals surface area contributed by atoms with Crippen molar-refractivity contribution in [2.24, 2.45) is 0 Å². The van der Waals surface area contributed by atoms with E-state index in [4.69, 9.17) is 16.6 Å². The van der Waals surface area contributed by atoms with Gasteiger partial charge in [0, 0.05) is 35.1 Å². The Morgan fingerprint density at radius 3 is 2.48 bits per heavy atom. The molecular weight excluding hydrogens is 402 g/mol. The largest absolute Gasteiger partial charge is 0.372 e. The van der Waals surface area contributed by atoms with Gasteiger partial charge in [-0.2, -0.15) is 0 Å². The van der Waals surface area contributed by atoms with E-state index in [1.165, 1.54) is 29.9 Å². The Morgan fingerprint density at radius 1 is 1.03 bits per heavy atom. The van der Waals surface area contributed by atoms with Gasteiger partial charge in [0.2, 0.25) is 0 Å². The number of hydrogen-bond acceptors (Lipinski definition) is 4. The van der Waals surface area contributed by atoms with Gasteiger partial charge in [-0.1, -0.05) is 35.9 Å². The molecule has 0 atom stereocenters. The molecule has 1 aliphatic rings. The van der Waals surface area contributed by atoms with Crippen molar-refractivity contribution in [1.82, 2.24) is 9.97 Å². The van der Waals surface area contributed by atoms with Crippen LogP contribution in [0.5, 0.6) is 0 Å². The van der Waals surface area contributed by atoms with Gasteiger partial charge in [-0.3, -0.25) is 4.79 Å². The summed E-state index contributed by atoms with van der Waals surface area (Å²) >= 11 is 7.45. The molecular formula is C23H20ClN3OS. The van der Waals surface area contributed by atoms with Crippen molar-refractivity contribution in [3.05, 3.63) is 81.4 Å². The molecule has 5 rings (SSSR count). The molecule has 146 valence electrons. The topological polar surface area (TPSA) is 49.0 Å². The van der Waals surface area contributed by atoms with Gasteiger partial charge in [0.25, 0.3) is 5.56 Å². The Labute approximate surface area is 177 Å². The number of thiophene rings is 1. The lowest BCUT2D eigenvalue weighted by Crippen LogP contribution is -2.17. The minimum atomic E-state index is -0.0797. The van der Waals surface area contributed by atoms with Crippen molar-refractivity contribution in [1.29, 1.82) is 0 Å². The number of rotatable bonds is 4. The molecule has 1 N–H and O–H groups in total. The highest BCUT2D eigenvalue weighted by Gasteiger charge is 2.14. The Morgan fingerprint density at radius 2 is 1.76 bits per heavy atom. The number of aromatic amines is 1. The number of hydrogen-bond donors (Lipinski definition) is 1. The maximum absolute atomic E-state index is 12.6. The summed E-state index contributed by atoms with van der Waals surface area (Å²) in [5.74, 6) is 0.665.